The predicted octanol–water partition coefficient (Wildman–Crippen LogP) is -0.245. The van der Waals surface area contributed by atoms with E-state index in [0.717, 1.165) is 0 Å². The van der Waals surface area contributed by atoms with Crippen LogP contribution in [0.4, 0.5) is 0 Å². The zero-order valence-corrected chi connectivity index (χ0v) is 6.05. The zero-order valence-electron chi connectivity index (χ0n) is 6.05. The van der Waals surface area contributed by atoms with Crippen LogP contribution in [0.2, 0.25) is 0 Å². The lowest BCUT2D eigenvalue weighted by atomic mass is 9.88. The van der Waals surface area contributed by atoms with Gasteiger partial charge in [-0.25, -0.2) is 0 Å². The summed E-state index contributed by atoms with van der Waals surface area (Å²) >= 11 is 0. The van der Waals surface area contributed by atoms with Crippen LogP contribution in [0, 0.1) is 24.7 Å². The molecular formula is C8H10O2. The van der Waals surface area contributed by atoms with E-state index in [9.17, 15) is 10.2 Å². The number of aliphatic hydroxyl groups is 2. The normalized spacial score (nSPS) is 21.4. The van der Waals surface area contributed by atoms with E-state index < -0.39 is 11.2 Å². The number of hydrogen-bond donors (Lipinski definition) is 2. The van der Waals surface area contributed by atoms with Gasteiger partial charge in [0.25, 0.3) is 0 Å². The third kappa shape index (κ3) is 1.30. The van der Waals surface area contributed by atoms with Crippen LogP contribution in [0.5, 0.6) is 0 Å². The van der Waals surface area contributed by atoms with E-state index >= 15 is 0 Å². The molecule has 0 aliphatic heterocycles. The number of hydrogen-bond acceptors (Lipinski definition) is 2. The van der Waals surface area contributed by atoms with Gasteiger partial charge in [-0.3, -0.25) is 0 Å². The summed E-state index contributed by atoms with van der Waals surface area (Å²) in [6, 6.07) is 0. The van der Waals surface area contributed by atoms with Gasteiger partial charge in [0.1, 0.15) is 0 Å². The summed E-state index contributed by atoms with van der Waals surface area (Å²) in [6.07, 6.45) is 9.82. The first-order valence-corrected chi connectivity index (χ1v) is 2.77. The van der Waals surface area contributed by atoms with Gasteiger partial charge in [-0.2, -0.15) is 0 Å². The lowest BCUT2D eigenvalue weighted by Gasteiger charge is -2.29. The minimum atomic E-state index is -1.66. The van der Waals surface area contributed by atoms with Crippen molar-refractivity contribution in [2.24, 2.45) is 0 Å². The van der Waals surface area contributed by atoms with E-state index in [1.54, 1.807) is 0 Å². The third-order valence-electron chi connectivity index (χ3n) is 1.51. The Hall–Kier alpha value is -0.960. The molecular weight excluding hydrogens is 128 g/mol. The van der Waals surface area contributed by atoms with Crippen LogP contribution in [0.3, 0.4) is 0 Å². The van der Waals surface area contributed by atoms with E-state index in [4.69, 9.17) is 12.8 Å². The fraction of sp³-hybridized carbons (Fsp3) is 0.500. The van der Waals surface area contributed by atoms with Gasteiger partial charge in [-0.05, 0) is 13.8 Å². The lowest BCUT2D eigenvalue weighted by Crippen LogP contribution is -2.47. The van der Waals surface area contributed by atoms with E-state index in [0.29, 0.717) is 0 Å². The summed E-state index contributed by atoms with van der Waals surface area (Å²) in [5.41, 5.74) is -3.33. The van der Waals surface area contributed by atoms with Crippen molar-refractivity contribution < 1.29 is 10.2 Å². The molecule has 2 N–H and O–H groups in total. The number of rotatable bonds is 1. The highest BCUT2D eigenvalue weighted by Crippen LogP contribution is 2.19. The molecule has 0 amide bonds. The first kappa shape index (κ1) is 9.04. The zero-order chi connectivity index (χ0) is 8.41. The smallest absolute Gasteiger partial charge is 0.161 e. The second-order valence-electron chi connectivity index (χ2n) is 2.43. The molecule has 10 heavy (non-hydrogen) atoms. The van der Waals surface area contributed by atoms with Crippen LogP contribution in [0.1, 0.15) is 13.8 Å². The van der Waals surface area contributed by atoms with Crippen LogP contribution in [-0.2, 0) is 0 Å². The molecule has 0 aliphatic carbocycles. The van der Waals surface area contributed by atoms with E-state index in [2.05, 4.69) is 0 Å². The Kier molecular flexibility index (Phi) is 2.12. The molecule has 0 fully saturated rings. The minimum absolute atomic E-state index is 1.28. The van der Waals surface area contributed by atoms with Crippen molar-refractivity contribution in [3.63, 3.8) is 0 Å². The molecule has 0 saturated carbocycles. The molecule has 0 aromatic rings. The van der Waals surface area contributed by atoms with Crippen LogP contribution in [-0.4, -0.2) is 21.4 Å². The molecule has 0 spiro atoms. The monoisotopic (exact) mass is 138 g/mol. The Morgan fingerprint density at radius 3 is 1.30 bits per heavy atom. The van der Waals surface area contributed by atoms with Gasteiger partial charge in [0.15, 0.2) is 11.2 Å². The maximum atomic E-state index is 9.22. The summed E-state index contributed by atoms with van der Waals surface area (Å²) in [6.45, 7) is 2.57. The number of terminal acetylenes is 2. The first-order chi connectivity index (χ1) is 4.37. The van der Waals surface area contributed by atoms with Gasteiger partial charge in [0.05, 0.1) is 0 Å². The Labute approximate surface area is 60.9 Å². The quantitative estimate of drug-likeness (QED) is 0.491. The predicted molar refractivity (Wildman–Crippen MR) is 38.9 cm³/mol. The second-order valence-corrected chi connectivity index (χ2v) is 2.43. The average molecular weight is 138 g/mol. The van der Waals surface area contributed by atoms with Gasteiger partial charge < -0.3 is 10.2 Å². The van der Waals surface area contributed by atoms with Crippen LogP contribution < -0.4 is 0 Å². The van der Waals surface area contributed by atoms with Crippen molar-refractivity contribution in [1.82, 2.24) is 0 Å². The summed E-state index contributed by atoms with van der Waals surface area (Å²) in [5, 5.41) is 18.4. The fourth-order valence-corrected chi connectivity index (χ4v) is 0.281. The molecule has 0 unspecified atom stereocenters. The highest BCUT2D eigenvalue weighted by atomic mass is 16.3. The fourth-order valence-electron chi connectivity index (χ4n) is 0.281. The van der Waals surface area contributed by atoms with E-state index in [-0.39, 0.29) is 0 Å². The van der Waals surface area contributed by atoms with Crippen LogP contribution in [0.15, 0.2) is 0 Å². The Morgan fingerprint density at radius 2 is 1.20 bits per heavy atom. The molecule has 2 heteroatoms. The van der Waals surface area contributed by atoms with Crippen molar-refractivity contribution >= 4 is 0 Å². The molecule has 0 aliphatic rings. The van der Waals surface area contributed by atoms with E-state index in [1.807, 2.05) is 11.8 Å². The van der Waals surface area contributed by atoms with Crippen molar-refractivity contribution in [3.8, 4) is 24.7 Å². The molecule has 0 aromatic heterocycles. The highest BCUT2D eigenvalue weighted by molar-refractivity contribution is 5.24. The standard InChI is InChI=1S/C8H10O2/c1-5-7(3,9)8(4,10)6-2/h1-2,9-10H,3-4H3/t7-,8+. The lowest BCUT2D eigenvalue weighted by molar-refractivity contribution is -0.0550. The Balaban J connectivity index is 4.71. The molecule has 0 heterocycles. The summed E-state index contributed by atoms with van der Waals surface area (Å²) in [4.78, 5) is 0. The Bertz CT molecular complexity index is 176. The van der Waals surface area contributed by atoms with Crippen molar-refractivity contribution in [3.05, 3.63) is 0 Å². The maximum absolute atomic E-state index is 9.22. The molecule has 54 valence electrons. The SMILES string of the molecule is C#C[C@](C)(O)[C@](C)(O)C#C. The van der Waals surface area contributed by atoms with Crippen LogP contribution in [0.25, 0.3) is 0 Å². The highest BCUT2D eigenvalue weighted by Gasteiger charge is 2.38. The largest absolute Gasteiger partial charge is 0.374 e. The maximum Gasteiger partial charge on any atom is 0.161 e. The molecule has 0 rings (SSSR count). The van der Waals surface area contributed by atoms with Gasteiger partial charge in [0.2, 0.25) is 0 Å². The average Bonchev–Trinajstić information content (AvgIpc) is 1.88. The molecule has 0 aromatic carbocycles. The minimum Gasteiger partial charge on any atom is -0.374 e. The second kappa shape index (κ2) is 2.34. The molecule has 2 atom stereocenters. The topological polar surface area (TPSA) is 40.5 Å². The van der Waals surface area contributed by atoms with Gasteiger partial charge >= 0.3 is 0 Å². The summed E-state index contributed by atoms with van der Waals surface area (Å²) < 4.78 is 0. The summed E-state index contributed by atoms with van der Waals surface area (Å²) in [5.74, 6) is 3.99. The van der Waals surface area contributed by atoms with Crippen molar-refractivity contribution in [1.29, 1.82) is 0 Å². The van der Waals surface area contributed by atoms with Crippen LogP contribution >= 0.6 is 0 Å². The van der Waals surface area contributed by atoms with Crippen molar-refractivity contribution in [2.75, 3.05) is 0 Å². The molecule has 0 bridgehead atoms. The first-order valence-electron chi connectivity index (χ1n) is 2.77. The van der Waals surface area contributed by atoms with E-state index in [1.165, 1.54) is 13.8 Å². The molecule has 2 nitrogen and oxygen atoms in total. The summed E-state index contributed by atoms with van der Waals surface area (Å²) in [7, 11) is 0. The Morgan fingerprint density at radius 1 is 1.00 bits per heavy atom. The van der Waals surface area contributed by atoms with Crippen molar-refractivity contribution in [2.45, 2.75) is 25.0 Å². The molecule has 0 radical (unpaired) electrons. The van der Waals surface area contributed by atoms with Gasteiger partial charge in [-0.1, -0.05) is 11.8 Å². The third-order valence-corrected chi connectivity index (χ3v) is 1.51. The van der Waals surface area contributed by atoms with Gasteiger partial charge in [-0.15, -0.1) is 12.8 Å². The van der Waals surface area contributed by atoms with Gasteiger partial charge in [0, 0.05) is 0 Å². The molecule has 0 saturated heterocycles.